The summed E-state index contributed by atoms with van der Waals surface area (Å²) in [5.41, 5.74) is 0. The van der Waals surface area contributed by atoms with Crippen molar-refractivity contribution in [3.8, 4) is 0 Å². The van der Waals surface area contributed by atoms with Gasteiger partial charge < -0.3 is 4.74 Å². The Morgan fingerprint density at radius 2 is 1.77 bits per heavy atom. The summed E-state index contributed by atoms with van der Waals surface area (Å²) in [5, 5.41) is -0.293. The number of halogens is 1. The molecule has 0 aliphatic rings. The number of hydrogen-bond acceptors (Lipinski definition) is 2. The van der Waals surface area contributed by atoms with Gasteiger partial charge in [0.15, 0.2) is 0 Å². The third-order valence-electron chi connectivity index (χ3n) is 1.84. The average Bonchev–Trinajstić information content (AvgIpc) is 1.95. The van der Waals surface area contributed by atoms with Crippen LogP contribution in [-0.2, 0) is 9.53 Å². The second kappa shape index (κ2) is 6.39. The summed E-state index contributed by atoms with van der Waals surface area (Å²) in [4.78, 5) is 10.9. The van der Waals surface area contributed by atoms with Gasteiger partial charge in [-0.3, -0.25) is 4.79 Å². The SMILES string of the molecule is CC(C)COCC(C(=O)Cl)C(C)C. The zero-order valence-electron chi connectivity index (χ0n) is 8.84. The van der Waals surface area contributed by atoms with Crippen LogP contribution in [0.15, 0.2) is 0 Å². The number of carbonyl (C=O) groups is 1. The largest absolute Gasteiger partial charge is 0.380 e. The molecule has 0 radical (unpaired) electrons. The molecule has 0 amide bonds. The number of ether oxygens (including phenoxy) is 1. The summed E-state index contributed by atoms with van der Waals surface area (Å²) in [5.74, 6) is 0.579. The molecule has 3 heteroatoms. The fraction of sp³-hybridized carbons (Fsp3) is 0.900. The number of hydrogen-bond donors (Lipinski definition) is 0. The van der Waals surface area contributed by atoms with E-state index in [4.69, 9.17) is 16.3 Å². The van der Waals surface area contributed by atoms with Crippen LogP contribution in [0.4, 0.5) is 0 Å². The third-order valence-corrected chi connectivity index (χ3v) is 2.13. The lowest BCUT2D eigenvalue weighted by Gasteiger charge is -2.17. The summed E-state index contributed by atoms with van der Waals surface area (Å²) in [6.07, 6.45) is 0. The lowest BCUT2D eigenvalue weighted by atomic mass is 9.98. The first-order valence-electron chi connectivity index (χ1n) is 4.72. The number of rotatable bonds is 6. The fourth-order valence-corrected chi connectivity index (χ4v) is 1.27. The molecule has 0 saturated heterocycles. The van der Waals surface area contributed by atoms with Gasteiger partial charge >= 0.3 is 0 Å². The minimum Gasteiger partial charge on any atom is -0.380 e. The van der Waals surface area contributed by atoms with E-state index in [2.05, 4.69) is 13.8 Å². The first kappa shape index (κ1) is 12.9. The van der Waals surface area contributed by atoms with Gasteiger partial charge in [-0.1, -0.05) is 27.7 Å². The van der Waals surface area contributed by atoms with E-state index in [9.17, 15) is 4.79 Å². The molecular formula is C10H19ClO2. The average molecular weight is 207 g/mol. The molecule has 1 unspecified atom stereocenters. The van der Waals surface area contributed by atoms with Crippen molar-refractivity contribution in [1.82, 2.24) is 0 Å². The van der Waals surface area contributed by atoms with Crippen LogP contribution < -0.4 is 0 Å². The summed E-state index contributed by atoms with van der Waals surface area (Å²) in [6.45, 7) is 9.23. The second-order valence-corrected chi connectivity index (χ2v) is 4.46. The molecular weight excluding hydrogens is 188 g/mol. The van der Waals surface area contributed by atoms with Crippen molar-refractivity contribution in [2.24, 2.45) is 17.8 Å². The molecule has 0 aromatic carbocycles. The van der Waals surface area contributed by atoms with E-state index in [1.807, 2.05) is 13.8 Å². The predicted molar refractivity (Wildman–Crippen MR) is 54.8 cm³/mol. The monoisotopic (exact) mass is 206 g/mol. The van der Waals surface area contributed by atoms with Gasteiger partial charge in [0.05, 0.1) is 12.5 Å². The van der Waals surface area contributed by atoms with Crippen LogP contribution in [0.5, 0.6) is 0 Å². The van der Waals surface area contributed by atoms with Gasteiger partial charge in [0.2, 0.25) is 5.24 Å². The summed E-state index contributed by atoms with van der Waals surface area (Å²) in [7, 11) is 0. The van der Waals surface area contributed by atoms with Gasteiger partial charge in [-0.05, 0) is 23.4 Å². The standard InChI is InChI=1S/C10H19ClO2/c1-7(2)5-13-6-9(8(3)4)10(11)12/h7-9H,5-6H2,1-4H3. The Kier molecular flexibility index (Phi) is 6.35. The molecule has 0 aliphatic carbocycles. The first-order chi connectivity index (χ1) is 5.95. The molecule has 0 aromatic rings. The van der Waals surface area contributed by atoms with Crippen LogP contribution in [-0.4, -0.2) is 18.5 Å². The molecule has 0 aromatic heterocycles. The summed E-state index contributed by atoms with van der Waals surface area (Å²) in [6, 6.07) is 0. The van der Waals surface area contributed by atoms with E-state index in [1.165, 1.54) is 0 Å². The van der Waals surface area contributed by atoms with Crippen LogP contribution in [0, 0.1) is 17.8 Å². The molecule has 2 nitrogen and oxygen atoms in total. The fourth-order valence-electron chi connectivity index (χ4n) is 0.951. The first-order valence-corrected chi connectivity index (χ1v) is 5.10. The lowest BCUT2D eigenvalue weighted by Crippen LogP contribution is -2.22. The van der Waals surface area contributed by atoms with Gasteiger partial charge in [-0.2, -0.15) is 0 Å². The summed E-state index contributed by atoms with van der Waals surface area (Å²) >= 11 is 5.44. The highest BCUT2D eigenvalue weighted by Crippen LogP contribution is 2.14. The molecule has 0 aliphatic heterocycles. The zero-order valence-corrected chi connectivity index (χ0v) is 9.60. The van der Waals surface area contributed by atoms with Crippen molar-refractivity contribution in [3.05, 3.63) is 0 Å². The Bertz CT molecular complexity index is 155. The van der Waals surface area contributed by atoms with Crippen molar-refractivity contribution in [3.63, 3.8) is 0 Å². The van der Waals surface area contributed by atoms with Crippen molar-refractivity contribution in [2.45, 2.75) is 27.7 Å². The molecule has 13 heavy (non-hydrogen) atoms. The highest BCUT2D eigenvalue weighted by atomic mass is 35.5. The topological polar surface area (TPSA) is 26.3 Å². The molecule has 78 valence electrons. The maximum Gasteiger partial charge on any atom is 0.227 e. The molecule has 0 N–H and O–H groups in total. The van der Waals surface area contributed by atoms with E-state index in [-0.39, 0.29) is 17.1 Å². The van der Waals surface area contributed by atoms with Crippen molar-refractivity contribution in [1.29, 1.82) is 0 Å². The molecule has 0 fully saturated rings. The van der Waals surface area contributed by atoms with Crippen LogP contribution >= 0.6 is 11.6 Å². The molecule has 0 heterocycles. The van der Waals surface area contributed by atoms with E-state index in [0.717, 1.165) is 0 Å². The Balaban J connectivity index is 3.77. The van der Waals surface area contributed by atoms with Crippen molar-refractivity contribution in [2.75, 3.05) is 13.2 Å². The van der Waals surface area contributed by atoms with Gasteiger partial charge in [0.1, 0.15) is 0 Å². The normalized spacial score (nSPS) is 13.8. The Morgan fingerprint density at radius 1 is 1.23 bits per heavy atom. The van der Waals surface area contributed by atoms with Crippen LogP contribution in [0.1, 0.15) is 27.7 Å². The Hall–Kier alpha value is -0.0800. The van der Waals surface area contributed by atoms with Gasteiger partial charge in [-0.15, -0.1) is 0 Å². The second-order valence-electron chi connectivity index (χ2n) is 4.09. The van der Waals surface area contributed by atoms with Gasteiger partial charge in [-0.25, -0.2) is 0 Å². The Morgan fingerprint density at radius 3 is 2.08 bits per heavy atom. The van der Waals surface area contributed by atoms with E-state index < -0.39 is 0 Å². The Labute approximate surface area is 85.6 Å². The molecule has 0 spiro atoms. The molecule has 0 saturated carbocycles. The maximum absolute atomic E-state index is 10.9. The third kappa shape index (κ3) is 6.05. The van der Waals surface area contributed by atoms with Crippen LogP contribution in [0.25, 0.3) is 0 Å². The zero-order chi connectivity index (χ0) is 10.4. The highest BCUT2D eigenvalue weighted by Gasteiger charge is 2.20. The predicted octanol–water partition coefficient (Wildman–Crippen LogP) is 2.70. The molecule has 0 rings (SSSR count). The minimum atomic E-state index is -0.293. The minimum absolute atomic E-state index is 0.166. The quantitative estimate of drug-likeness (QED) is 0.625. The van der Waals surface area contributed by atoms with Crippen molar-refractivity contribution < 1.29 is 9.53 Å². The smallest absolute Gasteiger partial charge is 0.227 e. The van der Waals surface area contributed by atoms with Gasteiger partial charge in [0, 0.05) is 6.61 Å². The molecule has 0 bridgehead atoms. The van der Waals surface area contributed by atoms with Crippen LogP contribution in [0.2, 0.25) is 0 Å². The maximum atomic E-state index is 10.9. The van der Waals surface area contributed by atoms with Crippen molar-refractivity contribution >= 4 is 16.8 Å². The lowest BCUT2D eigenvalue weighted by molar-refractivity contribution is -0.118. The number of carbonyl (C=O) groups excluding carboxylic acids is 1. The van der Waals surface area contributed by atoms with E-state index >= 15 is 0 Å². The van der Waals surface area contributed by atoms with Crippen LogP contribution in [0.3, 0.4) is 0 Å². The van der Waals surface area contributed by atoms with E-state index in [0.29, 0.717) is 19.1 Å². The highest BCUT2D eigenvalue weighted by molar-refractivity contribution is 6.64. The van der Waals surface area contributed by atoms with Gasteiger partial charge in [0.25, 0.3) is 0 Å². The summed E-state index contributed by atoms with van der Waals surface area (Å²) < 4.78 is 5.37. The molecule has 1 atom stereocenters. The van der Waals surface area contributed by atoms with E-state index in [1.54, 1.807) is 0 Å².